The molecule has 2 amide bonds. The number of anilines is 1. The van der Waals surface area contributed by atoms with Crippen molar-refractivity contribution in [3.8, 4) is 5.75 Å². The Labute approximate surface area is 227 Å². The average Bonchev–Trinajstić information content (AvgIpc) is 3.16. The fraction of sp³-hybridized carbons (Fsp3) is 0.241. The van der Waals surface area contributed by atoms with E-state index < -0.39 is 40.4 Å². The van der Waals surface area contributed by atoms with Crippen LogP contribution in [0.3, 0.4) is 0 Å². The lowest BCUT2D eigenvalue weighted by molar-refractivity contribution is -0.384. The van der Waals surface area contributed by atoms with E-state index in [-0.39, 0.29) is 46.6 Å². The van der Waals surface area contributed by atoms with Gasteiger partial charge in [0.05, 0.1) is 22.4 Å². The molecule has 1 N–H and O–H groups in total. The van der Waals surface area contributed by atoms with Crippen LogP contribution in [0.15, 0.2) is 76.9 Å². The molecule has 1 saturated heterocycles. The van der Waals surface area contributed by atoms with E-state index in [0.717, 1.165) is 10.5 Å². The Morgan fingerprint density at radius 1 is 1.03 bits per heavy atom. The first-order valence-electron chi connectivity index (χ1n) is 12.4. The third-order valence-corrected chi connectivity index (χ3v) is 8.50. The number of hydrogen-bond acceptors (Lipinski definition) is 7. The van der Waals surface area contributed by atoms with Gasteiger partial charge in [-0.1, -0.05) is 29.3 Å². The van der Waals surface area contributed by atoms with Gasteiger partial charge in [-0.25, -0.2) is 0 Å². The van der Waals surface area contributed by atoms with Gasteiger partial charge in [0.1, 0.15) is 5.75 Å². The molecule has 1 aliphatic heterocycles. The minimum Gasteiger partial charge on any atom is -0.508 e. The third kappa shape index (κ3) is 3.68. The van der Waals surface area contributed by atoms with Crippen LogP contribution in [-0.2, 0) is 19.2 Å². The van der Waals surface area contributed by atoms with Crippen molar-refractivity contribution in [2.24, 2.45) is 17.8 Å². The first-order valence-corrected chi connectivity index (χ1v) is 12.8. The highest BCUT2D eigenvalue weighted by Gasteiger charge is 2.56. The van der Waals surface area contributed by atoms with Crippen molar-refractivity contribution in [2.45, 2.75) is 25.7 Å². The van der Waals surface area contributed by atoms with Crippen molar-refractivity contribution in [3.05, 3.63) is 97.6 Å². The zero-order valence-electron chi connectivity index (χ0n) is 20.6. The van der Waals surface area contributed by atoms with Gasteiger partial charge in [0.15, 0.2) is 11.6 Å². The Balaban J connectivity index is 1.46. The zero-order valence-corrected chi connectivity index (χ0v) is 21.3. The highest BCUT2D eigenvalue weighted by Crippen LogP contribution is 2.56. The van der Waals surface area contributed by atoms with Gasteiger partial charge < -0.3 is 5.11 Å². The number of fused-ring (bicyclic) bond motifs is 3. The summed E-state index contributed by atoms with van der Waals surface area (Å²) in [5.41, 5.74) is 2.26. The number of imide groups is 1. The predicted molar refractivity (Wildman–Crippen MR) is 140 cm³/mol. The van der Waals surface area contributed by atoms with Crippen molar-refractivity contribution >= 4 is 46.4 Å². The summed E-state index contributed by atoms with van der Waals surface area (Å²) in [7, 11) is 0. The van der Waals surface area contributed by atoms with Gasteiger partial charge >= 0.3 is 0 Å². The standard InChI is InChI=1S/C29H21ClN2O7/c1-13-10-23(34)26-21(27(13)35)12-20-17(24(26)18-7-6-16(33)11-22(18)30)8-9-19-25(20)29(37)31(28(19)36)14-2-4-15(5-3-14)32(38)39/h2-8,10-11,19-20,24-25,33H,9,12H2,1H3/t19-,20+,24+,25-/m0/s1. The summed E-state index contributed by atoms with van der Waals surface area (Å²) in [5.74, 6) is -4.22. The zero-order chi connectivity index (χ0) is 27.7. The molecule has 1 heterocycles. The number of aromatic hydroxyl groups is 1. The summed E-state index contributed by atoms with van der Waals surface area (Å²) in [6, 6.07) is 9.65. The molecule has 6 rings (SSSR count). The van der Waals surface area contributed by atoms with Crippen molar-refractivity contribution in [2.75, 3.05) is 4.90 Å². The molecule has 4 aliphatic rings. The maximum atomic E-state index is 13.9. The van der Waals surface area contributed by atoms with Crippen LogP contribution in [0.2, 0.25) is 5.02 Å². The number of nitrogens with zero attached hydrogens (tertiary/aromatic N) is 2. The molecule has 2 aromatic carbocycles. The van der Waals surface area contributed by atoms with E-state index in [1.807, 2.05) is 6.08 Å². The quantitative estimate of drug-likeness (QED) is 0.196. The summed E-state index contributed by atoms with van der Waals surface area (Å²) in [6.07, 6.45) is 3.56. The molecular formula is C29H21ClN2O7. The minimum absolute atomic E-state index is 0.0555. The molecule has 0 aromatic heterocycles. The van der Waals surface area contributed by atoms with Gasteiger partial charge in [0, 0.05) is 39.8 Å². The van der Waals surface area contributed by atoms with E-state index in [1.165, 1.54) is 42.5 Å². The molecule has 0 radical (unpaired) electrons. The topological polar surface area (TPSA) is 135 Å². The Kier molecular flexibility index (Phi) is 5.65. The second-order valence-electron chi connectivity index (χ2n) is 10.2. The normalized spacial score (nSPS) is 26.2. The first kappa shape index (κ1) is 24.9. The number of Topliss-reactive ketones (excluding diaryl/α,β-unsaturated/α-hetero) is 1. The fourth-order valence-corrected chi connectivity index (χ4v) is 6.75. The van der Waals surface area contributed by atoms with E-state index in [9.17, 15) is 34.4 Å². The van der Waals surface area contributed by atoms with Crippen LogP contribution in [0.1, 0.15) is 31.2 Å². The van der Waals surface area contributed by atoms with E-state index in [4.69, 9.17) is 11.6 Å². The van der Waals surface area contributed by atoms with Crippen LogP contribution >= 0.6 is 11.6 Å². The van der Waals surface area contributed by atoms with E-state index in [0.29, 0.717) is 22.3 Å². The monoisotopic (exact) mass is 544 g/mol. The number of amides is 2. The highest BCUT2D eigenvalue weighted by atomic mass is 35.5. The molecule has 196 valence electrons. The second-order valence-corrected chi connectivity index (χ2v) is 10.6. The highest BCUT2D eigenvalue weighted by molar-refractivity contribution is 6.32. The van der Waals surface area contributed by atoms with E-state index in [2.05, 4.69) is 0 Å². The molecule has 1 fully saturated rings. The van der Waals surface area contributed by atoms with Crippen LogP contribution in [0, 0.1) is 27.9 Å². The van der Waals surface area contributed by atoms with Crippen LogP contribution in [-0.4, -0.2) is 33.4 Å². The van der Waals surface area contributed by atoms with Gasteiger partial charge in [-0.05, 0) is 61.6 Å². The molecule has 10 heteroatoms. The molecule has 0 unspecified atom stereocenters. The number of carbonyl (C=O) groups excluding carboxylic acids is 4. The molecule has 4 atom stereocenters. The first-order chi connectivity index (χ1) is 18.6. The molecule has 0 spiro atoms. The van der Waals surface area contributed by atoms with Gasteiger partial charge in [-0.3, -0.25) is 34.2 Å². The average molecular weight is 545 g/mol. The third-order valence-electron chi connectivity index (χ3n) is 8.18. The predicted octanol–water partition coefficient (Wildman–Crippen LogP) is 4.59. The molecule has 3 aliphatic carbocycles. The Morgan fingerprint density at radius 3 is 2.41 bits per heavy atom. The van der Waals surface area contributed by atoms with Crippen molar-refractivity contribution in [3.63, 3.8) is 0 Å². The Hall–Kier alpha value is -4.37. The molecule has 9 nitrogen and oxygen atoms in total. The Morgan fingerprint density at radius 2 is 1.74 bits per heavy atom. The number of phenols is 1. The van der Waals surface area contributed by atoms with Crippen LogP contribution < -0.4 is 4.90 Å². The van der Waals surface area contributed by atoms with E-state index >= 15 is 0 Å². The van der Waals surface area contributed by atoms with Gasteiger partial charge in [0.25, 0.3) is 5.69 Å². The maximum absolute atomic E-state index is 13.9. The lowest BCUT2D eigenvalue weighted by Gasteiger charge is -2.42. The number of carbonyl (C=O) groups is 4. The largest absolute Gasteiger partial charge is 0.508 e. The number of benzene rings is 2. The lowest BCUT2D eigenvalue weighted by Crippen LogP contribution is -2.39. The van der Waals surface area contributed by atoms with Gasteiger partial charge in [-0.15, -0.1) is 0 Å². The summed E-state index contributed by atoms with van der Waals surface area (Å²) < 4.78 is 0. The maximum Gasteiger partial charge on any atom is 0.269 e. The molecule has 0 saturated carbocycles. The Bertz CT molecular complexity index is 1620. The second kappa shape index (κ2) is 8.84. The summed E-state index contributed by atoms with van der Waals surface area (Å²) in [6.45, 7) is 1.57. The lowest BCUT2D eigenvalue weighted by atomic mass is 9.59. The van der Waals surface area contributed by atoms with Crippen LogP contribution in [0.25, 0.3) is 0 Å². The fourth-order valence-electron chi connectivity index (χ4n) is 6.47. The molecule has 0 bridgehead atoms. The number of phenolic OH excluding ortho intramolecular Hbond substituents is 1. The number of halogens is 1. The van der Waals surface area contributed by atoms with Crippen molar-refractivity contribution < 1.29 is 29.2 Å². The number of rotatable bonds is 3. The van der Waals surface area contributed by atoms with Gasteiger partial charge in [-0.2, -0.15) is 0 Å². The van der Waals surface area contributed by atoms with Crippen LogP contribution in [0.5, 0.6) is 5.75 Å². The van der Waals surface area contributed by atoms with Crippen molar-refractivity contribution in [1.29, 1.82) is 0 Å². The smallest absolute Gasteiger partial charge is 0.269 e. The molecule has 2 aromatic rings. The number of nitro groups is 1. The van der Waals surface area contributed by atoms with E-state index in [1.54, 1.807) is 13.0 Å². The number of ketones is 2. The number of non-ortho nitro benzene ring substituents is 1. The summed E-state index contributed by atoms with van der Waals surface area (Å²) in [5, 5.41) is 21.2. The molecule has 39 heavy (non-hydrogen) atoms. The van der Waals surface area contributed by atoms with Crippen molar-refractivity contribution in [1.82, 2.24) is 0 Å². The number of nitro benzene ring substituents is 1. The molecular weight excluding hydrogens is 524 g/mol. The summed E-state index contributed by atoms with van der Waals surface area (Å²) >= 11 is 6.54. The van der Waals surface area contributed by atoms with Crippen LogP contribution in [0.4, 0.5) is 11.4 Å². The number of hydrogen-bond donors (Lipinski definition) is 1. The SMILES string of the molecule is CC1=CC(=O)C2=C(C[C@@H]3C(=CC[C@@H]4C(=O)N(c5ccc([N+](=O)[O-])cc5)C(=O)[C@@H]43)[C@@H]2c2ccc(O)cc2Cl)C1=O. The summed E-state index contributed by atoms with van der Waals surface area (Å²) in [4.78, 5) is 65.5. The number of allylic oxidation sites excluding steroid dienone is 6. The van der Waals surface area contributed by atoms with Gasteiger partial charge in [0.2, 0.25) is 11.8 Å². The minimum atomic E-state index is -0.783.